The highest BCUT2D eigenvalue weighted by molar-refractivity contribution is 5.95. The maximum Gasteiger partial charge on any atom is 0.345 e. The third-order valence-corrected chi connectivity index (χ3v) is 5.26. The Labute approximate surface area is 160 Å². The molecule has 1 aliphatic carbocycles. The van der Waals surface area contributed by atoms with E-state index in [4.69, 9.17) is 0 Å². The van der Waals surface area contributed by atoms with Gasteiger partial charge >= 0.3 is 5.97 Å². The number of rotatable bonds is 4. The number of carboxylic acids is 1. The first-order chi connectivity index (χ1) is 13.4. The quantitative estimate of drug-likeness (QED) is 0.557. The van der Waals surface area contributed by atoms with Crippen molar-refractivity contribution in [3.63, 3.8) is 0 Å². The number of carboxylic acid groups (broad SMARTS) is 1. The first-order valence-electron chi connectivity index (χ1n) is 9.13. The van der Waals surface area contributed by atoms with Gasteiger partial charge in [-0.15, -0.1) is 0 Å². The van der Waals surface area contributed by atoms with E-state index < -0.39 is 22.8 Å². The van der Waals surface area contributed by atoms with Crippen LogP contribution in [0.2, 0.25) is 0 Å². The number of hydrogen-bond acceptors (Lipinski definition) is 4. The molecule has 7 heteroatoms. The molecule has 7 nitrogen and oxygen atoms in total. The van der Waals surface area contributed by atoms with Gasteiger partial charge in [-0.1, -0.05) is 19.1 Å². The second kappa shape index (κ2) is 6.69. The van der Waals surface area contributed by atoms with Crippen molar-refractivity contribution in [2.24, 2.45) is 7.05 Å². The maximum absolute atomic E-state index is 12.3. The molecule has 0 bridgehead atoms. The number of pyridine rings is 1. The summed E-state index contributed by atoms with van der Waals surface area (Å²) < 4.78 is 2.13. The van der Waals surface area contributed by atoms with Crippen molar-refractivity contribution in [1.82, 2.24) is 14.9 Å². The molecule has 4 N–H and O–H groups in total. The summed E-state index contributed by atoms with van der Waals surface area (Å²) in [6, 6.07) is 6.12. The van der Waals surface area contributed by atoms with E-state index >= 15 is 0 Å². The van der Waals surface area contributed by atoms with Crippen LogP contribution in [-0.2, 0) is 20.0 Å². The van der Waals surface area contributed by atoms with E-state index in [0.29, 0.717) is 17.7 Å². The number of aryl methyl sites for hydroxylation is 1. The third kappa shape index (κ3) is 2.71. The van der Waals surface area contributed by atoms with Crippen LogP contribution in [0.3, 0.4) is 0 Å². The molecule has 1 aromatic carbocycles. The second-order valence-corrected chi connectivity index (χ2v) is 6.92. The number of fused-ring (bicyclic) bond motifs is 4. The summed E-state index contributed by atoms with van der Waals surface area (Å²) >= 11 is 0. The summed E-state index contributed by atoms with van der Waals surface area (Å²) in [4.78, 5) is 26.3. The largest absolute Gasteiger partial charge is 0.506 e. The highest BCUT2D eigenvalue weighted by atomic mass is 16.4. The van der Waals surface area contributed by atoms with Crippen molar-refractivity contribution in [2.45, 2.75) is 19.9 Å². The van der Waals surface area contributed by atoms with Gasteiger partial charge in [0.2, 0.25) is 0 Å². The predicted molar refractivity (Wildman–Crippen MR) is 108 cm³/mol. The van der Waals surface area contributed by atoms with E-state index in [9.17, 15) is 19.8 Å². The number of aromatic nitrogens is 2. The number of benzene rings is 1. The maximum atomic E-state index is 12.3. The molecule has 0 radical (unpaired) electrons. The first kappa shape index (κ1) is 18.1. The Morgan fingerprint density at radius 1 is 1.32 bits per heavy atom. The van der Waals surface area contributed by atoms with Crippen molar-refractivity contribution in [2.75, 3.05) is 6.54 Å². The Bertz CT molecular complexity index is 1200. The molecule has 2 aromatic heterocycles. The molecule has 0 saturated heterocycles. The molecule has 0 saturated carbocycles. The van der Waals surface area contributed by atoms with Crippen molar-refractivity contribution in [3.05, 3.63) is 57.0 Å². The van der Waals surface area contributed by atoms with Gasteiger partial charge < -0.3 is 25.1 Å². The molecule has 0 spiro atoms. The highest BCUT2D eigenvalue weighted by Gasteiger charge is 2.24. The summed E-state index contributed by atoms with van der Waals surface area (Å²) in [7, 11) is 2.02. The lowest BCUT2D eigenvalue weighted by Crippen LogP contribution is -2.20. The number of carbonyl (C=O) groups is 1. The number of allylic oxidation sites excluding steroid dienone is 1. The van der Waals surface area contributed by atoms with E-state index in [1.807, 2.05) is 31.3 Å². The van der Waals surface area contributed by atoms with Crippen molar-refractivity contribution in [3.8, 4) is 17.0 Å². The number of nitrogens with zero attached hydrogens (tertiary/aromatic N) is 1. The molecular formula is C21H21N3O4. The summed E-state index contributed by atoms with van der Waals surface area (Å²) in [5, 5.41) is 24.0. The molecule has 28 heavy (non-hydrogen) atoms. The number of aromatic carboxylic acids is 1. The van der Waals surface area contributed by atoms with E-state index in [1.165, 1.54) is 0 Å². The van der Waals surface area contributed by atoms with Gasteiger partial charge in [0, 0.05) is 41.3 Å². The van der Waals surface area contributed by atoms with Crippen LogP contribution in [0.25, 0.3) is 28.2 Å². The summed E-state index contributed by atoms with van der Waals surface area (Å²) in [5.74, 6) is -1.91. The van der Waals surface area contributed by atoms with Gasteiger partial charge in [0.15, 0.2) is 5.56 Å². The molecule has 2 heterocycles. The van der Waals surface area contributed by atoms with E-state index in [1.54, 1.807) is 0 Å². The van der Waals surface area contributed by atoms with Gasteiger partial charge in [-0.05, 0) is 36.7 Å². The van der Waals surface area contributed by atoms with Crippen LogP contribution in [0.5, 0.6) is 5.75 Å². The Morgan fingerprint density at radius 3 is 2.82 bits per heavy atom. The molecule has 0 amide bonds. The molecule has 0 fully saturated rings. The van der Waals surface area contributed by atoms with Gasteiger partial charge in [-0.25, -0.2) is 4.79 Å². The minimum Gasteiger partial charge on any atom is -0.506 e. The molecule has 4 rings (SSSR count). The Hall–Kier alpha value is -3.32. The topological polar surface area (TPSA) is 107 Å². The van der Waals surface area contributed by atoms with Crippen LogP contribution < -0.4 is 10.9 Å². The average molecular weight is 379 g/mol. The summed E-state index contributed by atoms with van der Waals surface area (Å²) in [5.41, 5.74) is 3.32. The molecule has 0 atom stereocenters. The van der Waals surface area contributed by atoms with Gasteiger partial charge in [-0.2, -0.15) is 0 Å². The lowest BCUT2D eigenvalue weighted by Gasteiger charge is -2.13. The van der Waals surface area contributed by atoms with Crippen LogP contribution in [0.15, 0.2) is 29.1 Å². The fraction of sp³-hybridized carbons (Fsp3) is 0.238. The molecular weight excluding hydrogens is 358 g/mol. The highest BCUT2D eigenvalue weighted by Crippen LogP contribution is 2.37. The number of aromatic amines is 1. The Balaban J connectivity index is 1.97. The summed E-state index contributed by atoms with van der Waals surface area (Å²) in [6.07, 6.45) is 4.13. The van der Waals surface area contributed by atoms with E-state index in [0.717, 1.165) is 40.8 Å². The number of nitrogens with one attached hydrogen (secondary N) is 2. The fourth-order valence-electron chi connectivity index (χ4n) is 3.79. The normalized spacial score (nSPS) is 12.6. The van der Waals surface area contributed by atoms with Gasteiger partial charge in [0.05, 0.1) is 5.69 Å². The monoisotopic (exact) mass is 379 g/mol. The number of hydrogen-bond donors (Lipinski definition) is 4. The zero-order valence-electron chi connectivity index (χ0n) is 15.7. The van der Waals surface area contributed by atoms with Crippen molar-refractivity contribution in [1.29, 1.82) is 0 Å². The zero-order valence-corrected chi connectivity index (χ0v) is 15.7. The van der Waals surface area contributed by atoms with Crippen LogP contribution in [-0.4, -0.2) is 32.3 Å². The van der Waals surface area contributed by atoms with Crippen LogP contribution in [0.1, 0.15) is 34.1 Å². The standard InChI is InChI=1S/C21H21N3O4/c1-3-22-10-13-7-12-8-15-11(9-16(12)24(13)2)5-4-6-14-18(15)23-20(26)17(19(14)25)21(27)28/h4-5,7-9,22H,3,6,10H2,1-2H3,(H,27,28)(H2,23,25,26). The fourth-order valence-corrected chi connectivity index (χ4v) is 3.79. The van der Waals surface area contributed by atoms with Gasteiger partial charge in [0.1, 0.15) is 5.75 Å². The third-order valence-electron chi connectivity index (χ3n) is 5.26. The molecule has 0 unspecified atom stereocenters. The van der Waals surface area contributed by atoms with Crippen LogP contribution in [0.4, 0.5) is 0 Å². The van der Waals surface area contributed by atoms with Crippen LogP contribution >= 0.6 is 0 Å². The number of aromatic hydroxyl groups is 1. The Kier molecular flexibility index (Phi) is 4.31. The molecule has 3 aromatic rings. The van der Waals surface area contributed by atoms with E-state index in [2.05, 4.69) is 27.9 Å². The minimum atomic E-state index is -1.44. The Morgan fingerprint density at radius 2 is 2.11 bits per heavy atom. The van der Waals surface area contributed by atoms with E-state index in [-0.39, 0.29) is 0 Å². The summed E-state index contributed by atoms with van der Waals surface area (Å²) in [6.45, 7) is 3.68. The SMILES string of the molecule is CCNCc1cc2cc3c(cc2n1C)C=CCc1c-3[nH]c(=O)c(C(=O)O)c1O. The van der Waals surface area contributed by atoms with Crippen molar-refractivity contribution < 1.29 is 15.0 Å². The second-order valence-electron chi connectivity index (χ2n) is 6.92. The van der Waals surface area contributed by atoms with Gasteiger partial charge in [-0.3, -0.25) is 4.79 Å². The predicted octanol–water partition coefficient (Wildman–Crippen LogP) is 2.62. The smallest absolute Gasteiger partial charge is 0.345 e. The van der Waals surface area contributed by atoms with Gasteiger partial charge in [0.25, 0.3) is 5.56 Å². The molecule has 1 aliphatic rings. The van der Waals surface area contributed by atoms with Crippen molar-refractivity contribution >= 4 is 22.9 Å². The van der Waals surface area contributed by atoms with Crippen LogP contribution in [0, 0.1) is 0 Å². The lowest BCUT2D eigenvalue weighted by molar-refractivity contribution is 0.0691. The average Bonchev–Trinajstić information content (AvgIpc) is 2.83. The lowest BCUT2D eigenvalue weighted by atomic mass is 9.98. The number of H-pyrrole nitrogens is 1. The zero-order chi connectivity index (χ0) is 20.0. The first-order valence-corrected chi connectivity index (χ1v) is 9.13. The minimum absolute atomic E-state index is 0.328. The molecule has 0 aliphatic heterocycles. The molecule has 144 valence electrons.